The van der Waals surface area contributed by atoms with Gasteiger partial charge in [-0.1, -0.05) is 26.0 Å². The zero-order valence-corrected chi connectivity index (χ0v) is 11.3. The molecule has 0 heterocycles. The van der Waals surface area contributed by atoms with Crippen molar-refractivity contribution in [2.75, 3.05) is 7.11 Å². The minimum atomic E-state index is -1.08. The first-order valence-corrected chi connectivity index (χ1v) is 6.10. The number of methoxy groups -OCH3 is 1. The summed E-state index contributed by atoms with van der Waals surface area (Å²) in [7, 11) is 1.54. The van der Waals surface area contributed by atoms with E-state index in [1.807, 2.05) is 13.8 Å². The second-order valence-electron chi connectivity index (χ2n) is 4.71. The van der Waals surface area contributed by atoms with Crippen LogP contribution in [0, 0.1) is 5.92 Å². The fourth-order valence-corrected chi connectivity index (χ4v) is 1.67. The number of benzene rings is 1. The standard InChI is InChI=1S/C14H19NO4/c1-9(2)8-12(16)15-13(14(17)18)10-4-6-11(19-3)7-5-10/h4-7,9,13H,8H2,1-3H3,(H,15,16)(H,17,18). The third-order valence-corrected chi connectivity index (χ3v) is 2.60. The molecular weight excluding hydrogens is 246 g/mol. The molecule has 0 spiro atoms. The Morgan fingerprint density at radius 1 is 1.26 bits per heavy atom. The normalized spacial score (nSPS) is 12.0. The highest BCUT2D eigenvalue weighted by molar-refractivity contribution is 5.84. The molecule has 2 N–H and O–H groups in total. The van der Waals surface area contributed by atoms with Gasteiger partial charge in [-0.2, -0.15) is 0 Å². The van der Waals surface area contributed by atoms with E-state index >= 15 is 0 Å². The highest BCUT2D eigenvalue weighted by Crippen LogP contribution is 2.18. The summed E-state index contributed by atoms with van der Waals surface area (Å²) in [6.45, 7) is 3.81. The lowest BCUT2D eigenvalue weighted by molar-refractivity contribution is -0.142. The highest BCUT2D eigenvalue weighted by atomic mass is 16.5. The molecule has 0 saturated heterocycles. The Kier molecular flexibility index (Phi) is 5.36. The SMILES string of the molecule is COc1ccc(C(NC(=O)CC(C)C)C(=O)O)cc1. The summed E-state index contributed by atoms with van der Waals surface area (Å²) in [5, 5.41) is 11.7. The number of carbonyl (C=O) groups is 2. The summed E-state index contributed by atoms with van der Waals surface area (Å²) in [5.41, 5.74) is 0.519. The predicted molar refractivity (Wildman–Crippen MR) is 71.0 cm³/mol. The topological polar surface area (TPSA) is 75.6 Å². The van der Waals surface area contributed by atoms with Gasteiger partial charge in [-0.15, -0.1) is 0 Å². The molecule has 19 heavy (non-hydrogen) atoms. The molecule has 0 aliphatic heterocycles. The summed E-state index contributed by atoms with van der Waals surface area (Å²) in [5.74, 6) is -0.521. The Bertz CT molecular complexity index is 439. The average molecular weight is 265 g/mol. The molecule has 0 aliphatic carbocycles. The van der Waals surface area contributed by atoms with Crippen molar-refractivity contribution in [1.29, 1.82) is 0 Å². The first kappa shape index (κ1) is 15.0. The third-order valence-electron chi connectivity index (χ3n) is 2.60. The molecule has 1 aromatic carbocycles. The number of hydrogen-bond donors (Lipinski definition) is 2. The molecule has 0 bridgehead atoms. The van der Waals surface area contributed by atoms with Crippen LogP contribution < -0.4 is 10.1 Å². The second-order valence-corrected chi connectivity index (χ2v) is 4.71. The van der Waals surface area contributed by atoms with E-state index in [4.69, 9.17) is 4.74 Å². The highest BCUT2D eigenvalue weighted by Gasteiger charge is 2.22. The minimum absolute atomic E-state index is 0.185. The molecular formula is C14H19NO4. The lowest BCUT2D eigenvalue weighted by atomic mass is 10.1. The molecule has 1 aromatic rings. The molecule has 1 unspecified atom stereocenters. The third kappa shape index (κ3) is 4.62. The summed E-state index contributed by atoms with van der Waals surface area (Å²) < 4.78 is 5.01. The fourth-order valence-electron chi connectivity index (χ4n) is 1.67. The Hall–Kier alpha value is -2.04. The maximum absolute atomic E-state index is 11.7. The summed E-state index contributed by atoms with van der Waals surface area (Å²) in [6.07, 6.45) is 0.305. The van der Waals surface area contributed by atoms with Gasteiger partial charge in [0, 0.05) is 6.42 Å². The van der Waals surface area contributed by atoms with Crippen LogP contribution in [-0.4, -0.2) is 24.1 Å². The first-order valence-electron chi connectivity index (χ1n) is 6.10. The molecule has 5 heteroatoms. The van der Waals surface area contributed by atoms with Crippen molar-refractivity contribution in [3.8, 4) is 5.75 Å². The Morgan fingerprint density at radius 2 is 1.84 bits per heavy atom. The number of rotatable bonds is 6. The van der Waals surface area contributed by atoms with E-state index in [1.54, 1.807) is 24.3 Å². The quantitative estimate of drug-likeness (QED) is 0.824. The molecule has 1 atom stereocenters. The van der Waals surface area contributed by atoms with Crippen molar-refractivity contribution in [3.05, 3.63) is 29.8 Å². The van der Waals surface area contributed by atoms with Gasteiger partial charge in [0.2, 0.25) is 5.91 Å². The number of carbonyl (C=O) groups excluding carboxylic acids is 1. The molecule has 5 nitrogen and oxygen atoms in total. The Labute approximate surface area is 112 Å². The summed E-state index contributed by atoms with van der Waals surface area (Å²) in [6, 6.07) is 5.57. The van der Waals surface area contributed by atoms with Crippen molar-refractivity contribution in [1.82, 2.24) is 5.32 Å². The van der Waals surface area contributed by atoms with Gasteiger partial charge in [0.1, 0.15) is 5.75 Å². The number of amides is 1. The number of aliphatic carboxylic acids is 1. The molecule has 104 valence electrons. The smallest absolute Gasteiger partial charge is 0.330 e. The number of carboxylic acids is 1. The monoisotopic (exact) mass is 265 g/mol. The Balaban J connectivity index is 2.82. The van der Waals surface area contributed by atoms with Crippen LogP contribution in [0.3, 0.4) is 0 Å². The number of nitrogens with one attached hydrogen (secondary N) is 1. The van der Waals surface area contributed by atoms with E-state index in [2.05, 4.69) is 5.32 Å². The van der Waals surface area contributed by atoms with Crippen LogP contribution in [0.1, 0.15) is 31.9 Å². The van der Waals surface area contributed by atoms with Crippen LogP contribution in [-0.2, 0) is 9.59 Å². The zero-order valence-electron chi connectivity index (χ0n) is 11.3. The van der Waals surface area contributed by atoms with E-state index in [1.165, 1.54) is 7.11 Å². The Morgan fingerprint density at radius 3 is 2.26 bits per heavy atom. The molecule has 0 aliphatic rings. The van der Waals surface area contributed by atoms with Crippen molar-refractivity contribution in [2.45, 2.75) is 26.3 Å². The van der Waals surface area contributed by atoms with Crippen molar-refractivity contribution < 1.29 is 19.4 Å². The molecule has 0 aromatic heterocycles. The molecule has 0 saturated carbocycles. The van der Waals surface area contributed by atoms with Gasteiger partial charge in [0.25, 0.3) is 0 Å². The van der Waals surface area contributed by atoms with Crippen LogP contribution >= 0.6 is 0 Å². The van der Waals surface area contributed by atoms with Crippen LogP contribution in [0.5, 0.6) is 5.75 Å². The van der Waals surface area contributed by atoms with Gasteiger partial charge in [-0.05, 0) is 23.6 Å². The van der Waals surface area contributed by atoms with Gasteiger partial charge in [-0.25, -0.2) is 4.79 Å². The van der Waals surface area contributed by atoms with Crippen molar-refractivity contribution in [2.24, 2.45) is 5.92 Å². The van der Waals surface area contributed by atoms with Crippen molar-refractivity contribution in [3.63, 3.8) is 0 Å². The maximum Gasteiger partial charge on any atom is 0.330 e. The number of hydrogen-bond acceptors (Lipinski definition) is 3. The largest absolute Gasteiger partial charge is 0.497 e. The minimum Gasteiger partial charge on any atom is -0.497 e. The lowest BCUT2D eigenvalue weighted by Gasteiger charge is -2.16. The second kappa shape index (κ2) is 6.78. The average Bonchev–Trinajstić information content (AvgIpc) is 2.35. The summed E-state index contributed by atoms with van der Waals surface area (Å²) >= 11 is 0. The number of carboxylic acid groups (broad SMARTS) is 1. The van der Waals surface area contributed by atoms with E-state index < -0.39 is 12.0 Å². The molecule has 0 fully saturated rings. The van der Waals surface area contributed by atoms with Gasteiger partial charge >= 0.3 is 5.97 Å². The zero-order chi connectivity index (χ0) is 14.4. The van der Waals surface area contributed by atoms with Crippen LogP contribution in [0.4, 0.5) is 0 Å². The van der Waals surface area contributed by atoms with Crippen LogP contribution in [0.2, 0.25) is 0 Å². The van der Waals surface area contributed by atoms with Crippen LogP contribution in [0.25, 0.3) is 0 Å². The van der Waals surface area contributed by atoms with E-state index in [-0.39, 0.29) is 11.8 Å². The molecule has 1 amide bonds. The van der Waals surface area contributed by atoms with Crippen LogP contribution in [0.15, 0.2) is 24.3 Å². The van der Waals surface area contributed by atoms with Gasteiger partial charge in [0.05, 0.1) is 7.11 Å². The van der Waals surface area contributed by atoms with Crippen molar-refractivity contribution >= 4 is 11.9 Å². The van der Waals surface area contributed by atoms with E-state index in [0.717, 1.165) is 0 Å². The van der Waals surface area contributed by atoms with E-state index in [9.17, 15) is 14.7 Å². The van der Waals surface area contributed by atoms with Gasteiger partial charge < -0.3 is 15.2 Å². The fraction of sp³-hybridized carbons (Fsp3) is 0.429. The lowest BCUT2D eigenvalue weighted by Crippen LogP contribution is -2.34. The molecule has 1 rings (SSSR count). The number of ether oxygens (including phenoxy) is 1. The van der Waals surface area contributed by atoms with Gasteiger partial charge in [-0.3, -0.25) is 4.79 Å². The maximum atomic E-state index is 11.7. The van der Waals surface area contributed by atoms with Gasteiger partial charge in [0.15, 0.2) is 6.04 Å². The molecule has 0 radical (unpaired) electrons. The van der Waals surface area contributed by atoms with E-state index in [0.29, 0.717) is 17.7 Å². The first-order chi connectivity index (χ1) is 8.93. The predicted octanol–water partition coefficient (Wildman–Crippen LogP) is 1.98. The summed E-state index contributed by atoms with van der Waals surface area (Å²) in [4.78, 5) is 22.9.